The fourth-order valence-corrected chi connectivity index (χ4v) is 2.41. The summed E-state index contributed by atoms with van der Waals surface area (Å²) in [6, 6.07) is 6.47. The van der Waals surface area contributed by atoms with Gasteiger partial charge in [0.1, 0.15) is 0 Å². The van der Waals surface area contributed by atoms with E-state index in [1.165, 1.54) is 10.3 Å². The molecule has 2 rings (SSSR count). The summed E-state index contributed by atoms with van der Waals surface area (Å²) in [5, 5.41) is 0. The van der Waals surface area contributed by atoms with E-state index in [2.05, 4.69) is 29.4 Å². The van der Waals surface area contributed by atoms with Crippen LogP contribution in [0.1, 0.15) is 5.56 Å². The molecular formula is C9H9NS2. The van der Waals surface area contributed by atoms with Gasteiger partial charge in [0.2, 0.25) is 0 Å². The largest absolute Gasteiger partial charge is 0.245 e. The number of rotatable bonds is 2. The Hall–Kier alpha value is -0.540. The maximum atomic E-state index is 4.23. The summed E-state index contributed by atoms with van der Waals surface area (Å²) in [6.07, 6.45) is 2.12. The van der Waals surface area contributed by atoms with Crippen LogP contribution in [0.5, 0.6) is 0 Å². The zero-order valence-corrected chi connectivity index (χ0v) is 8.41. The first-order valence-electron chi connectivity index (χ1n) is 3.71. The standard InChI is InChI=1S/C9H9NS2/c1-11-5-7-2-3-8-9(4-7)12-6-10-8/h2-4,6H,5H2,1H3. The van der Waals surface area contributed by atoms with Crippen molar-refractivity contribution in [1.82, 2.24) is 4.98 Å². The van der Waals surface area contributed by atoms with Crippen molar-refractivity contribution in [1.29, 1.82) is 0 Å². The monoisotopic (exact) mass is 195 g/mol. The lowest BCUT2D eigenvalue weighted by atomic mass is 10.2. The Balaban J connectivity index is 2.46. The van der Waals surface area contributed by atoms with Crippen LogP contribution in [-0.2, 0) is 5.75 Å². The number of thioether (sulfide) groups is 1. The van der Waals surface area contributed by atoms with Crippen molar-refractivity contribution in [2.24, 2.45) is 0 Å². The van der Waals surface area contributed by atoms with Crippen LogP contribution in [0, 0.1) is 0 Å². The molecule has 1 aromatic heterocycles. The van der Waals surface area contributed by atoms with Gasteiger partial charge in [-0.2, -0.15) is 11.8 Å². The molecule has 0 atom stereocenters. The Kier molecular flexibility index (Phi) is 2.33. The van der Waals surface area contributed by atoms with Crippen molar-refractivity contribution in [2.75, 3.05) is 6.26 Å². The van der Waals surface area contributed by atoms with E-state index in [0.717, 1.165) is 11.3 Å². The molecular weight excluding hydrogens is 186 g/mol. The molecule has 0 spiro atoms. The molecule has 0 unspecified atom stereocenters. The van der Waals surface area contributed by atoms with Crippen molar-refractivity contribution in [3.05, 3.63) is 29.3 Å². The van der Waals surface area contributed by atoms with Gasteiger partial charge in [0.15, 0.2) is 0 Å². The SMILES string of the molecule is CSCc1ccc2ncsc2c1. The Morgan fingerprint density at radius 2 is 2.42 bits per heavy atom. The second-order valence-electron chi connectivity index (χ2n) is 2.59. The lowest BCUT2D eigenvalue weighted by Crippen LogP contribution is -1.77. The number of hydrogen-bond donors (Lipinski definition) is 0. The van der Waals surface area contributed by atoms with Gasteiger partial charge in [0.05, 0.1) is 15.7 Å². The highest BCUT2D eigenvalue weighted by molar-refractivity contribution is 7.97. The highest BCUT2D eigenvalue weighted by Crippen LogP contribution is 2.20. The molecule has 0 saturated carbocycles. The smallest absolute Gasteiger partial charge is 0.0812 e. The van der Waals surface area contributed by atoms with Crippen LogP contribution in [0.2, 0.25) is 0 Å². The van der Waals surface area contributed by atoms with E-state index < -0.39 is 0 Å². The average Bonchev–Trinajstić information content (AvgIpc) is 2.51. The topological polar surface area (TPSA) is 12.9 Å². The van der Waals surface area contributed by atoms with Crippen LogP contribution in [0.15, 0.2) is 23.7 Å². The van der Waals surface area contributed by atoms with E-state index in [1.807, 2.05) is 17.3 Å². The minimum absolute atomic E-state index is 1.09. The van der Waals surface area contributed by atoms with Crippen LogP contribution in [0.4, 0.5) is 0 Å². The molecule has 0 aliphatic rings. The molecule has 0 amide bonds. The summed E-state index contributed by atoms with van der Waals surface area (Å²) in [7, 11) is 0. The van der Waals surface area contributed by atoms with E-state index in [4.69, 9.17) is 0 Å². The molecule has 0 radical (unpaired) electrons. The van der Waals surface area contributed by atoms with Gasteiger partial charge in [-0.1, -0.05) is 6.07 Å². The molecule has 1 heterocycles. The van der Waals surface area contributed by atoms with Crippen molar-refractivity contribution in [3.63, 3.8) is 0 Å². The molecule has 0 bridgehead atoms. The van der Waals surface area contributed by atoms with Gasteiger partial charge in [0.25, 0.3) is 0 Å². The van der Waals surface area contributed by atoms with E-state index in [9.17, 15) is 0 Å². The molecule has 0 aliphatic carbocycles. The second-order valence-corrected chi connectivity index (χ2v) is 4.34. The Bertz CT molecular complexity index is 381. The van der Waals surface area contributed by atoms with Gasteiger partial charge >= 0.3 is 0 Å². The van der Waals surface area contributed by atoms with Crippen molar-refractivity contribution in [2.45, 2.75) is 5.75 Å². The molecule has 1 aromatic carbocycles. The van der Waals surface area contributed by atoms with Crippen LogP contribution in [0.25, 0.3) is 10.2 Å². The second kappa shape index (κ2) is 3.46. The van der Waals surface area contributed by atoms with E-state index in [-0.39, 0.29) is 0 Å². The molecule has 62 valence electrons. The predicted molar refractivity (Wildman–Crippen MR) is 56.8 cm³/mol. The first kappa shape index (κ1) is 8.08. The number of aromatic nitrogens is 1. The Morgan fingerprint density at radius 3 is 3.25 bits per heavy atom. The van der Waals surface area contributed by atoms with Crippen molar-refractivity contribution >= 4 is 33.3 Å². The summed E-state index contributed by atoms with van der Waals surface area (Å²) < 4.78 is 1.29. The summed E-state index contributed by atoms with van der Waals surface area (Å²) in [5.41, 5.74) is 4.40. The van der Waals surface area contributed by atoms with Crippen molar-refractivity contribution < 1.29 is 0 Å². The maximum Gasteiger partial charge on any atom is 0.0812 e. The third-order valence-electron chi connectivity index (χ3n) is 1.71. The van der Waals surface area contributed by atoms with Crippen LogP contribution in [0.3, 0.4) is 0 Å². The fourth-order valence-electron chi connectivity index (χ4n) is 1.16. The minimum Gasteiger partial charge on any atom is -0.245 e. The molecule has 1 nitrogen and oxygen atoms in total. The number of fused-ring (bicyclic) bond motifs is 1. The molecule has 0 aliphatic heterocycles. The van der Waals surface area contributed by atoms with Crippen LogP contribution >= 0.6 is 23.1 Å². The van der Waals surface area contributed by atoms with Gasteiger partial charge in [-0.3, -0.25) is 0 Å². The summed E-state index contributed by atoms with van der Waals surface area (Å²) in [5.74, 6) is 1.09. The maximum absolute atomic E-state index is 4.23. The number of hydrogen-bond acceptors (Lipinski definition) is 3. The third-order valence-corrected chi connectivity index (χ3v) is 3.12. The highest BCUT2D eigenvalue weighted by atomic mass is 32.2. The normalized spacial score (nSPS) is 10.8. The van der Waals surface area contributed by atoms with Crippen LogP contribution in [-0.4, -0.2) is 11.2 Å². The quantitative estimate of drug-likeness (QED) is 0.730. The zero-order valence-electron chi connectivity index (χ0n) is 6.78. The highest BCUT2D eigenvalue weighted by Gasteiger charge is 1.97. The molecule has 0 N–H and O–H groups in total. The first-order chi connectivity index (χ1) is 5.90. The molecule has 0 fully saturated rings. The van der Waals surface area contributed by atoms with Gasteiger partial charge in [-0.05, 0) is 24.0 Å². The summed E-state index contributed by atoms with van der Waals surface area (Å²) >= 11 is 3.56. The van der Waals surface area contributed by atoms with Gasteiger partial charge < -0.3 is 0 Å². The number of thiazole rings is 1. The minimum atomic E-state index is 1.09. The molecule has 0 saturated heterocycles. The molecule has 12 heavy (non-hydrogen) atoms. The van der Waals surface area contributed by atoms with E-state index in [0.29, 0.717) is 0 Å². The van der Waals surface area contributed by atoms with E-state index >= 15 is 0 Å². The predicted octanol–water partition coefficient (Wildman–Crippen LogP) is 3.16. The van der Waals surface area contributed by atoms with Crippen molar-refractivity contribution in [3.8, 4) is 0 Å². The Morgan fingerprint density at radius 1 is 1.50 bits per heavy atom. The van der Waals surface area contributed by atoms with Gasteiger partial charge in [-0.25, -0.2) is 4.98 Å². The Labute approximate surface area is 79.8 Å². The summed E-state index contributed by atoms with van der Waals surface area (Å²) in [4.78, 5) is 4.23. The molecule has 3 heteroatoms. The summed E-state index contributed by atoms with van der Waals surface area (Å²) in [6.45, 7) is 0. The number of nitrogens with zero attached hydrogens (tertiary/aromatic N) is 1. The molecule has 2 aromatic rings. The van der Waals surface area contributed by atoms with Crippen LogP contribution < -0.4 is 0 Å². The first-order valence-corrected chi connectivity index (χ1v) is 5.98. The third kappa shape index (κ3) is 1.47. The number of benzene rings is 1. The van der Waals surface area contributed by atoms with Gasteiger partial charge in [-0.15, -0.1) is 11.3 Å². The lowest BCUT2D eigenvalue weighted by Gasteiger charge is -1.96. The zero-order chi connectivity index (χ0) is 8.39. The van der Waals surface area contributed by atoms with E-state index in [1.54, 1.807) is 11.3 Å². The average molecular weight is 195 g/mol. The lowest BCUT2D eigenvalue weighted by molar-refractivity contribution is 1.43. The fraction of sp³-hybridized carbons (Fsp3) is 0.222. The van der Waals surface area contributed by atoms with Gasteiger partial charge in [0, 0.05) is 5.75 Å².